The van der Waals surface area contributed by atoms with Crippen molar-refractivity contribution in [1.29, 1.82) is 0 Å². The van der Waals surface area contributed by atoms with Gasteiger partial charge in [-0.25, -0.2) is 0 Å². The Morgan fingerprint density at radius 1 is 0.489 bits per heavy atom. The van der Waals surface area contributed by atoms with Crippen LogP contribution in [0, 0.1) is 0 Å². The van der Waals surface area contributed by atoms with Crippen molar-refractivity contribution in [3.8, 4) is 11.5 Å². The average molecular weight is 676 g/mol. The molecule has 0 bridgehead atoms. The second-order valence-electron chi connectivity index (χ2n) is 10.5. The van der Waals surface area contributed by atoms with E-state index >= 15 is 0 Å². The SMILES string of the molecule is CC(C)(Oc1ccc(C(=O)c2ccc(Cl)cc2)cc1)C(=O)[O-].CC(C)(Oc1ccc(C(=O)c2ccc(Cl)cc2)cc1)C(=O)[O-].[Ca+2]. The molecule has 4 aromatic carbocycles. The smallest absolute Gasteiger partial charge is 0.546 e. The molecule has 11 heteroatoms. The molecule has 0 aliphatic heterocycles. The van der Waals surface area contributed by atoms with Gasteiger partial charge < -0.3 is 29.3 Å². The number of benzene rings is 4. The van der Waals surface area contributed by atoms with Crippen molar-refractivity contribution < 1.29 is 38.9 Å². The summed E-state index contributed by atoms with van der Waals surface area (Å²) in [5, 5.41) is 22.9. The molecular formula is C34H28CaCl2O8. The van der Waals surface area contributed by atoms with Gasteiger partial charge in [0.2, 0.25) is 0 Å². The average Bonchev–Trinajstić information content (AvgIpc) is 2.98. The Balaban J connectivity index is 0.000000307. The molecule has 0 atom stereocenters. The normalized spacial score (nSPS) is 10.8. The summed E-state index contributed by atoms with van der Waals surface area (Å²) < 4.78 is 10.7. The van der Waals surface area contributed by atoms with Gasteiger partial charge in [-0.2, -0.15) is 0 Å². The van der Waals surface area contributed by atoms with Crippen molar-refractivity contribution in [2.24, 2.45) is 0 Å². The van der Waals surface area contributed by atoms with Gasteiger partial charge in [0.25, 0.3) is 0 Å². The van der Waals surface area contributed by atoms with E-state index < -0.39 is 23.1 Å². The van der Waals surface area contributed by atoms with Gasteiger partial charge in [0, 0.05) is 32.3 Å². The summed E-state index contributed by atoms with van der Waals surface area (Å²) in [6.45, 7) is 5.59. The van der Waals surface area contributed by atoms with Gasteiger partial charge in [0.1, 0.15) is 22.7 Å². The number of carbonyl (C=O) groups is 4. The fourth-order valence-electron chi connectivity index (χ4n) is 3.56. The topological polar surface area (TPSA) is 133 Å². The third kappa shape index (κ3) is 10.9. The molecule has 0 heterocycles. The van der Waals surface area contributed by atoms with E-state index in [4.69, 9.17) is 32.7 Å². The third-order valence-electron chi connectivity index (χ3n) is 6.18. The van der Waals surface area contributed by atoms with Crippen molar-refractivity contribution in [2.75, 3.05) is 0 Å². The molecule has 0 spiro atoms. The predicted octanol–water partition coefficient (Wildman–Crippen LogP) is 4.58. The summed E-state index contributed by atoms with van der Waals surface area (Å²) >= 11 is 11.6. The minimum absolute atomic E-state index is 0. The van der Waals surface area contributed by atoms with Crippen LogP contribution in [0.1, 0.15) is 59.5 Å². The fourth-order valence-corrected chi connectivity index (χ4v) is 3.81. The van der Waals surface area contributed by atoms with E-state index in [1.54, 1.807) is 97.1 Å². The molecule has 0 aliphatic carbocycles. The zero-order valence-electron chi connectivity index (χ0n) is 25.0. The Kier molecular flexibility index (Phi) is 13.6. The predicted molar refractivity (Wildman–Crippen MR) is 168 cm³/mol. The molecule has 4 rings (SSSR count). The molecule has 4 aromatic rings. The molecule has 0 unspecified atom stereocenters. The molecule has 228 valence electrons. The molecule has 0 N–H and O–H groups in total. The first kappa shape index (κ1) is 37.8. The number of carbonyl (C=O) groups excluding carboxylic acids is 4. The minimum atomic E-state index is -1.44. The number of hydrogen-bond donors (Lipinski definition) is 0. The maximum atomic E-state index is 12.3. The first-order valence-corrected chi connectivity index (χ1v) is 14.0. The number of carboxylic acid groups (broad SMARTS) is 2. The molecule has 0 saturated carbocycles. The van der Waals surface area contributed by atoms with E-state index in [2.05, 4.69) is 0 Å². The van der Waals surface area contributed by atoms with Crippen molar-refractivity contribution in [3.63, 3.8) is 0 Å². The van der Waals surface area contributed by atoms with Crippen LogP contribution in [0.5, 0.6) is 11.5 Å². The minimum Gasteiger partial charge on any atom is -0.546 e. The van der Waals surface area contributed by atoms with Crippen LogP contribution >= 0.6 is 23.2 Å². The summed E-state index contributed by atoms with van der Waals surface area (Å²) in [7, 11) is 0. The standard InChI is InChI=1S/2C17H15ClO4.Ca/c2*1-17(2,16(20)21)22-14-9-5-12(6-10-14)15(19)11-3-7-13(18)8-4-11;/h2*3-10H,1-2H3,(H,20,21);/q;;+2/p-2. The van der Waals surface area contributed by atoms with Crippen LogP contribution in [0.15, 0.2) is 97.1 Å². The maximum absolute atomic E-state index is 12.3. The Morgan fingerprint density at radius 3 is 0.933 bits per heavy atom. The number of rotatable bonds is 10. The van der Waals surface area contributed by atoms with Crippen LogP contribution in [-0.2, 0) is 9.59 Å². The van der Waals surface area contributed by atoms with Crippen LogP contribution in [-0.4, -0.2) is 72.4 Å². The van der Waals surface area contributed by atoms with Crippen molar-refractivity contribution in [1.82, 2.24) is 0 Å². The zero-order valence-corrected chi connectivity index (χ0v) is 28.7. The van der Waals surface area contributed by atoms with Crippen LogP contribution in [0.25, 0.3) is 0 Å². The Bertz CT molecular complexity index is 1510. The summed E-state index contributed by atoms with van der Waals surface area (Å²) in [6, 6.07) is 25.7. The van der Waals surface area contributed by atoms with E-state index in [-0.39, 0.29) is 49.3 Å². The van der Waals surface area contributed by atoms with E-state index in [9.17, 15) is 29.4 Å². The number of ether oxygens (including phenoxy) is 2. The fraction of sp³-hybridized carbons (Fsp3) is 0.176. The zero-order chi connectivity index (χ0) is 32.7. The molecule has 0 aliphatic rings. The Labute approximate surface area is 300 Å². The molecule has 8 nitrogen and oxygen atoms in total. The van der Waals surface area contributed by atoms with Crippen LogP contribution in [0.2, 0.25) is 10.0 Å². The van der Waals surface area contributed by atoms with Gasteiger partial charge in [0.05, 0.1) is 11.9 Å². The van der Waals surface area contributed by atoms with Crippen molar-refractivity contribution >= 4 is 84.4 Å². The summed E-state index contributed by atoms with van der Waals surface area (Å²) in [6.07, 6.45) is 0. The van der Waals surface area contributed by atoms with Crippen molar-refractivity contribution in [2.45, 2.75) is 38.9 Å². The Morgan fingerprint density at radius 2 is 0.711 bits per heavy atom. The second kappa shape index (κ2) is 16.2. The maximum Gasteiger partial charge on any atom is 2.00 e. The summed E-state index contributed by atoms with van der Waals surface area (Å²) in [5.41, 5.74) is -0.897. The third-order valence-corrected chi connectivity index (χ3v) is 6.68. The van der Waals surface area contributed by atoms with Crippen LogP contribution < -0.4 is 19.7 Å². The van der Waals surface area contributed by atoms with E-state index in [0.29, 0.717) is 43.8 Å². The monoisotopic (exact) mass is 674 g/mol. The van der Waals surface area contributed by atoms with Gasteiger partial charge in [-0.3, -0.25) is 9.59 Å². The van der Waals surface area contributed by atoms with Crippen molar-refractivity contribution in [3.05, 3.63) is 129 Å². The number of halogens is 2. The number of aliphatic carboxylic acids is 2. The molecular weight excluding hydrogens is 647 g/mol. The van der Waals surface area contributed by atoms with Gasteiger partial charge in [-0.1, -0.05) is 23.2 Å². The first-order chi connectivity index (χ1) is 20.6. The summed E-state index contributed by atoms with van der Waals surface area (Å²) in [5.74, 6) is -2.23. The quantitative estimate of drug-likeness (QED) is 0.176. The van der Waals surface area contributed by atoms with Gasteiger partial charge in [0.15, 0.2) is 11.6 Å². The summed E-state index contributed by atoms with van der Waals surface area (Å²) in [4.78, 5) is 46.4. The molecule has 0 fully saturated rings. The van der Waals surface area contributed by atoms with E-state index in [1.807, 2.05) is 0 Å². The van der Waals surface area contributed by atoms with Crippen LogP contribution in [0.4, 0.5) is 0 Å². The molecule has 0 radical (unpaired) electrons. The van der Waals surface area contributed by atoms with E-state index in [0.717, 1.165) is 0 Å². The molecule has 45 heavy (non-hydrogen) atoms. The van der Waals surface area contributed by atoms with Gasteiger partial charge >= 0.3 is 37.7 Å². The largest absolute Gasteiger partial charge is 2.00 e. The van der Waals surface area contributed by atoms with E-state index in [1.165, 1.54) is 27.7 Å². The molecule has 0 amide bonds. The second-order valence-corrected chi connectivity index (χ2v) is 11.4. The first-order valence-electron chi connectivity index (χ1n) is 13.2. The van der Waals surface area contributed by atoms with Crippen LogP contribution in [0.3, 0.4) is 0 Å². The molecule has 0 saturated heterocycles. The number of ketones is 2. The number of carboxylic acids is 2. The number of hydrogen-bond acceptors (Lipinski definition) is 8. The molecule has 0 aromatic heterocycles. The van der Waals surface area contributed by atoms with Gasteiger partial charge in [-0.05, 0) is 125 Å². The van der Waals surface area contributed by atoms with Gasteiger partial charge in [-0.15, -0.1) is 0 Å². The Hall–Kier alpha value is -3.40.